The minimum atomic E-state index is -0.0206. The maximum atomic E-state index is 9.95. The van der Waals surface area contributed by atoms with E-state index in [0.717, 1.165) is 6.42 Å². The van der Waals surface area contributed by atoms with E-state index in [9.17, 15) is 5.11 Å². The minimum absolute atomic E-state index is 0.0206. The third-order valence-corrected chi connectivity index (χ3v) is 5.31. The quantitative estimate of drug-likeness (QED) is 0.792. The third-order valence-electron chi connectivity index (χ3n) is 5.31. The van der Waals surface area contributed by atoms with Crippen LogP contribution in [0.1, 0.15) is 71.6 Å². The summed E-state index contributed by atoms with van der Waals surface area (Å²) in [6.45, 7) is 4.97. The Bertz CT molecular complexity index is 245. The first-order chi connectivity index (χ1) is 8.10. The third kappa shape index (κ3) is 2.68. The van der Waals surface area contributed by atoms with Gasteiger partial charge in [0.1, 0.15) is 0 Å². The van der Waals surface area contributed by atoms with Crippen LogP contribution in [0.2, 0.25) is 0 Å². The van der Waals surface area contributed by atoms with Crippen molar-refractivity contribution in [2.45, 2.75) is 83.2 Å². The molecule has 17 heavy (non-hydrogen) atoms. The van der Waals surface area contributed by atoms with Crippen LogP contribution in [-0.2, 0) is 0 Å². The molecular formula is C15H29NO. The zero-order valence-electron chi connectivity index (χ0n) is 11.6. The summed E-state index contributed by atoms with van der Waals surface area (Å²) in [4.78, 5) is 0. The molecule has 0 amide bonds. The molecule has 2 aliphatic carbocycles. The molecule has 0 aromatic rings. The van der Waals surface area contributed by atoms with Crippen LogP contribution in [0.3, 0.4) is 0 Å². The fraction of sp³-hybridized carbons (Fsp3) is 1.00. The smallest absolute Gasteiger partial charge is 0.0618 e. The highest BCUT2D eigenvalue weighted by Crippen LogP contribution is 2.44. The van der Waals surface area contributed by atoms with Gasteiger partial charge in [-0.25, -0.2) is 0 Å². The maximum Gasteiger partial charge on any atom is 0.0618 e. The zero-order valence-corrected chi connectivity index (χ0v) is 11.6. The lowest BCUT2D eigenvalue weighted by atomic mass is 9.63. The lowest BCUT2D eigenvalue weighted by Gasteiger charge is -2.52. The van der Waals surface area contributed by atoms with E-state index in [-0.39, 0.29) is 11.0 Å². The van der Waals surface area contributed by atoms with Crippen LogP contribution < -0.4 is 5.32 Å². The summed E-state index contributed by atoms with van der Waals surface area (Å²) < 4.78 is 0. The first-order valence-electron chi connectivity index (χ1n) is 7.48. The Hall–Kier alpha value is -0.0800. The van der Waals surface area contributed by atoms with Crippen LogP contribution in [0.25, 0.3) is 0 Å². The van der Waals surface area contributed by atoms with Crippen LogP contribution >= 0.6 is 0 Å². The molecule has 2 saturated carbocycles. The average molecular weight is 239 g/mol. The Balaban J connectivity index is 2.06. The fourth-order valence-corrected chi connectivity index (χ4v) is 3.82. The Morgan fingerprint density at radius 3 is 2.24 bits per heavy atom. The number of hydrogen-bond donors (Lipinski definition) is 2. The van der Waals surface area contributed by atoms with Gasteiger partial charge in [0.25, 0.3) is 0 Å². The van der Waals surface area contributed by atoms with Gasteiger partial charge in [-0.05, 0) is 31.1 Å². The van der Waals surface area contributed by atoms with Crippen LogP contribution in [0.5, 0.6) is 0 Å². The topological polar surface area (TPSA) is 32.3 Å². The number of hydrogen-bond acceptors (Lipinski definition) is 2. The zero-order chi connectivity index (χ0) is 12.4. The van der Waals surface area contributed by atoms with Crippen molar-refractivity contribution in [3.8, 4) is 0 Å². The predicted molar refractivity (Wildman–Crippen MR) is 72.1 cm³/mol. The van der Waals surface area contributed by atoms with Crippen molar-refractivity contribution < 1.29 is 5.11 Å². The molecule has 0 spiro atoms. The maximum absolute atomic E-state index is 9.95. The lowest BCUT2D eigenvalue weighted by molar-refractivity contribution is -0.00148. The Kier molecular flexibility index (Phi) is 4.14. The molecule has 1 atom stereocenters. The van der Waals surface area contributed by atoms with Gasteiger partial charge in [0.2, 0.25) is 0 Å². The number of rotatable bonds is 3. The van der Waals surface area contributed by atoms with Crippen molar-refractivity contribution in [1.82, 2.24) is 5.32 Å². The summed E-state index contributed by atoms with van der Waals surface area (Å²) in [5.74, 6) is 0. The SMILES string of the molecule is CC1(C)CCCCC1(CO)NC1CCCCC1. The molecular weight excluding hydrogens is 210 g/mol. The Morgan fingerprint density at radius 2 is 1.65 bits per heavy atom. The van der Waals surface area contributed by atoms with E-state index >= 15 is 0 Å². The van der Waals surface area contributed by atoms with Crippen LogP contribution in [0.4, 0.5) is 0 Å². The lowest BCUT2D eigenvalue weighted by Crippen LogP contribution is -2.63. The van der Waals surface area contributed by atoms with E-state index < -0.39 is 0 Å². The van der Waals surface area contributed by atoms with Crippen molar-refractivity contribution in [2.24, 2.45) is 5.41 Å². The summed E-state index contributed by atoms with van der Waals surface area (Å²) in [5, 5.41) is 13.8. The van der Waals surface area contributed by atoms with E-state index in [1.54, 1.807) is 0 Å². The number of aliphatic hydroxyl groups excluding tert-OH is 1. The highest BCUT2D eigenvalue weighted by atomic mass is 16.3. The monoisotopic (exact) mass is 239 g/mol. The van der Waals surface area contributed by atoms with Crippen LogP contribution in [0.15, 0.2) is 0 Å². The van der Waals surface area contributed by atoms with Gasteiger partial charge in [-0.15, -0.1) is 0 Å². The minimum Gasteiger partial charge on any atom is -0.394 e. The van der Waals surface area contributed by atoms with Gasteiger partial charge in [-0.3, -0.25) is 0 Å². The van der Waals surface area contributed by atoms with Crippen LogP contribution in [-0.4, -0.2) is 23.3 Å². The standard InChI is InChI=1S/C15H29NO/c1-14(2)10-6-7-11-15(14,12-17)16-13-8-4-3-5-9-13/h13,16-17H,3-12H2,1-2H3. The van der Waals surface area contributed by atoms with Gasteiger partial charge >= 0.3 is 0 Å². The molecule has 0 bridgehead atoms. The molecule has 100 valence electrons. The van der Waals surface area contributed by atoms with Crippen molar-refractivity contribution in [3.05, 3.63) is 0 Å². The molecule has 2 nitrogen and oxygen atoms in total. The van der Waals surface area contributed by atoms with Crippen molar-refractivity contribution >= 4 is 0 Å². The van der Waals surface area contributed by atoms with Gasteiger partial charge in [-0.1, -0.05) is 46.0 Å². The molecule has 0 aromatic heterocycles. The number of nitrogens with one attached hydrogen (secondary N) is 1. The van der Waals surface area contributed by atoms with Gasteiger partial charge in [0.05, 0.1) is 6.61 Å². The molecule has 0 radical (unpaired) electrons. The summed E-state index contributed by atoms with van der Waals surface area (Å²) >= 11 is 0. The molecule has 2 heteroatoms. The molecule has 2 N–H and O–H groups in total. The number of aliphatic hydroxyl groups is 1. The van der Waals surface area contributed by atoms with Gasteiger partial charge in [0, 0.05) is 11.6 Å². The van der Waals surface area contributed by atoms with E-state index in [0.29, 0.717) is 12.6 Å². The first-order valence-corrected chi connectivity index (χ1v) is 7.48. The molecule has 1 unspecified atom stereocenters. The summed E-state index contributed by atoms with van der Waals surface area (Å²) in [6, 6.07) is 0.647. The molecule has 2 fully saturated rings. The van der Waals surface area contributed by atoms with E-state index in [2.05, 4.69) is 19.2 Å². The second kappa shape index (κ2) is 5.27. The Labute approximate surface area is 106 Å². The average Bonchev–Trinajstić information content (AvgIpc) is 2.33. The van der Waals surface area contributed by atoms with E-state index in [4.69, 9.17) is 0 Å². The van der Waals surface area contributed by atoms with E-state index in [1.807, 2.05) is 0 Å². The highest BCUT2D eigenvalue weighted by Gasteiger charge is 2.46. The highest BCUT2D eigenvalue weighted by molar-refractivity contribution is 5.04. The largest absolute Gasteiger partial charge is 0.394 e. The molecule has 0 saturated heterocycles. The second-order valence-electron chi connectivity index (χ2n) is 6.81. The van der Waals surface area contributed by atoms with Gasteiger partial charge in [0.15, 0.2) is 0 Å². The summed E-state index contributed by atoms with van der Waals surface area (Å²) in [6.07, 6.45) is 11.7. The van der Waals surface area contributed by atoms with Crippen LogP contribution in [0, 0.1) is 5.41 Å². The van der Waals surface area contributed by atoms with Crippen molar-refractivity contribution in [2.75, 3.05) is 6.61 Å². The second-order valence-corrected chi connectivity index (χ2v) is 6.81. The summed E-state index contributed by atoms with van der Waals surface area (Å²) in [5.41, 5.74) is 0.213. The summed E-state index contributed by atoms with van der Waals surface area (Å²) in [7, 11) is 0. The van der Waals surface area contributed by atoms with Crippen molar-refractivity contribution in [1.29, 1.82) is 0 Å². The van der Waals surface area contributed by atoms with Crippen molar-refractivity contribution in [3.63, 3.8) is 0 Å². The molecule has 0 aromatic carbocycles. The molecule has 0 heterocycles. The molecule has 2 aliphatic rings. The normalized spacial score (nSPS) is 34.8. The fourth-order valence-electron chi connectivity index (χ4n) is 3.82. The van der Waals surface area contributed by atoms with Gasteiger partial charge in [-0.2, -0.15) is 0 Å². The molecule has 2 rings (SSSR count). The van der Waals surface area contributed by atoms with E-state index in [1.165, 1.54) is 51.4 Å². The molecule has 0 aliphatic heterocycles. The predicted octanol–water partition coefficient (Wildman–Crippen LogP) is 3.24. The van der Waals surface area contributed by atoms with Gasteiger partial charge < -0.3 is 10.4 Å². The first kappa shape index (κ1) is 13.4. The Morgan fingerprint density at radius 1 is 1.00 bits per heavy atom.